The lowest BCUT2D eigenvalue weighted by molar-refractivity contribution is 0.0600. The van der Waals surface area contributed by atoms with Crippen LogP contribution in [0.3, 0.4) is 0 Å². The van der Waals surface area contributed by atoms with Gasteiger partial charge in [0.15, 0.2) is 5.76 Å². The number of nitrogens with zero attached hydrogens (tertiary/aromatic N) is 1. The number of nitrogens with one attached hydrogen (secondary N) is 1. The van der Waals surface area contributed by atoms with Crippen molar-refractivity contribution in [1.82, 2.24) is 4.98 Å². The van der Waals surface area contributed by atoms with Crippen molar-refractivity contribution < 1.29 is 22.7 Å². The van der Waals surface area contributed by atoms with E-state index in [2.05, 4.69) is 15.0 Å². The molecule has 0 spiro atoms. The lowest BCUT2D eigenvalue weighted by Gasteiger charge is -2.04. The molecule has 3 rings (SSSR count). The Balaban J connectivity index is 1.82. The van der Waals surface area contributed by atoms with Gasteiger partial charge in [0.25, 0.3) is 6.01 Å². The fourth-order valence-electron chi connectivity index (χ4n) is 2.08. The Morgan fingerprint density at radius 1 is 1.12 bits per heavy atom. The van der Waals surface area contributed by atoms with E-state index in [1.165, 1.54) is 19.4 Å². The van der Waals surface area contributed by atoms with E-state index in [-0.39, 0.29) is 11.7 Å². The number of ether oxygens (including phenoxy) is 1. The molecule has 0 atom stereocenters. The highest BCUT2D eigenvalue weighted by molar-refractivity contribution is 5.89. The molecule has 1 N–H and O–H groups in total. The average molecular weight is 330 g/mol. The summed E-state index contributed by atoms with van der Waals surface area (Å²) in [6.45, 7) is 0. The van der Waals surface area contributed by atoms with Gasteiger partial charge in [0, 0.05) is 5.56 Å². The molecule has 0 unspecified atom stereocenters. The van der Waals surface area contributed by atoms with E-state index in [1.807, 2.05) is 0 Å². The van der Waals surface area contributed by atoms with Crippen LogP contribution >= 0.6 is 0 Å². The van der Waals surface area contributed by atoms with Crippen molar-refractivity contribution in [2.45, 2.75) is 0 Å². The molecule has 0 aliphatic carbocycles. The first-order chi connectivity index (χ1) is 11.6. The van der Waals surface area contributed by atoms with Gasteiger partial charge in [-0.2, -0.15) is 0 Å². The van der Waals surface area contributed by atoms with Crippen LogP contribution in [-0.4, -0.2) is 18.1 Å². The summed E-state index contributed by atoms with van der Waals surface area (Å²) in [6.07, 6.45) is 1.41. The second-order valence-corrected chi connectivity index (χ2v) is 4.82. The number of carbonyl (C=O) groups excluding carboxylic acids is 1. The van der Waals surface area contributed by atoms with Crippen molar-refractivity contribution in [3.8, 4) is 11.3 Å². The molecule has 0 radical (unpaired) electrons. The van der Waals surface area contributed by atoms with Crippen molar-refractivity contribution in [3.05, 3.63) is 65.9 Å². The normalized spacial score (nSPS) is 10.5. The Kier molecular flexibility index (Phi) is 4.24. The maximum atomic E-state index is 13.6. The monoisotopic (exact) mass is 330 g/mol. The summed E-state index contributed by atoms with van der Waals surface area (Å²) < 4.78 is 37.3. The molecule has 24 heavy (non-hydrogen) atoms. The van der Waals surface area contributed by atoms with Crippen LogP contribution in [-0.2, 0) is 4.74 Å². The van der Waals surface area contributed by atoms with Crippen LogP contribution in [0.2, 0.25) is 0 Å². The molecule has 7 heteroatoms. The van der Waals surface area contributed by atoms with Crippen LogP contribution in [0, 0.1) is 11.6 Å². The van der Waals surface area contributed by atoms with Crippen LogP contribution in [0.25, 0.3) is 11.3 Å². The van der Waals surface area contributed by atoms with E-state index in [0.29, 0.717) is 16.9 Å². The number of aromatic nitrogens is 1. The summed E-state index contributed by atoms with van der Waals surface area (Å²) in [7, 11) is 1.30. The Morgan fingerprint density at radius 3 is 2.42 bits per heavy atom. The smallest absolute Gasteiger partial charge is 0.337 e. The number of carbonyl (C=O) groups is 1. The minimum absolute atomic E-state index is 0.0500. The lowest BCUT2D eigenvalue weighted by atomic mass is 10.1. The number of rotatable bonds is 4. The first-order valence-electron chi connectivity index (χ1n) is 6.94. The summed E-state index contributed by atoms with van der Waals surface area (Å²) >= 11 is 0. The molecule has 0 aliphatic heterocycles. The van der Waals surface area contributed by atoms with E-state index in [9.17, 15) is 13.6 Å². The first kappa shape index (κ1) is 15.7. The van der Waals surface area contributed by atoms with Crippen LogP contribution < -0.4 is 5.32 Å². The third-order valence-corrected chi connectivity index (χ3v) is 3.29. The van der Waals surface area contributed by atoms with Gasteiger partial charge in [0.2, 0.25) is 0 Å². The molecule has 5 nitrogen and oxygen atoms in total. The largest absolute Gasteiger partial charge is 0.465 e. The molecular weight excluding hydrogens is 318 g/mol. The molecule has 1 aromatic heterocycles. The van der Waals surface area contributed by atoms with Crippen molar-refractivity contribution >= 4 is 17.7 Å². The fraction of sp³-hybridized carbons (Fsp3) is 0.0588. The molecule has 0 fully saturated rings. The number of hydrogen-bond acceptors (Lipinski definition) is 5. The van der Waals surface area contributed by atoms with E-state index in [1.54, 1.807) is 24.3 Å². The summed E-state index contributed by atoms with van der Waals surface area (Å²) in [5.41, 5.74) is 0.705. The molecule has 2 aromatic carbocycles. The molecule has 3 aromatic rings. The Morgan fingerprint density at radius 2 is 1.79 bits per heavy atom. The van der Waals surface area contributed by atoms with Gasteiger partial charge in [0.05, 0.1) is 18.9 Å². The van der Waals surface area contributed by atoms with Gasteiger partial charge in [-0.15, -0.1) is 0 Å². The van der Waals surface area contributed by atoms with Gasteiger partial charge in [-0.1, -0.05) is 18.2 Å². The summed E-state index contributed by atoms with van der Waals surface area (Å²) in [5.74, 6) is -1.57. The molecule has 0 amide bonds. The lowest BCUT2D eigenvalue weighted by Crippen LogP contribution is -2.00. The number of benzene rings is 2. The Labute approximate surface area is 135 Å². The van der Waals surface area contributed by atoms with Crippen LogP contribution in [0.4, 0.5) is 20.5 Å². The highest BCUT2D eigenvalue weighted by Gasteiger charge is 2.13. The number of hydrogen-bond donors (Lipinski definition) is 1. The SMILES string of the molecule is COC(=O)c1ccc(-c2cnc(Nc3c(F)cccc3F)o2)cc1. The Bertz CT molecular complexity index is 856. The average Bonchev–Trinajstić information content (AvgIpc) is 3.06. The third kappa shape index (κ3) is 3.10. The van der Waals surface area contributed by atoms with Gasteiger partial charge < -0.3 is 14.5 Å². The highest BCUT2D eigenvalue weighted by atomic mass is 19.1. The maximum Gasteiger partial charge on any atom is 0.337 e. The van der Waals surface area contributed by atoms with Gasteiger partial charge in [-0.05, 0) is 24.3 Å². The topological polar surface area (TPSA) is 64.4 Å². The van der Waals surface area contributed by atoms with Gasteiger partial charge in [-0.25, -0.2) is 18.6 Å². The van der Waals surface area contributed by atoms with Crippen molar-refractivity contribution in [1.29, 1.82) is 0 Å². The van der Waals surface area contributed by atoms with E-state index in [4.69, 9.17) is 4.42 Å². The number of esters is 1. The zero-order chi connectivity index (χ0) is 17.1. The zero-order valence-corrected chi connectivity index (χ0v) is 12.5. The van der Waals surface area contributed by atoms with E-state index in [0.717, 1.165) is 12.1 Å². The highest BCUT2D eigenvalue weighted by Crippen LogP contribution is 2.27. The standard InChI is InChI=1S/C17H12F2N2O3/c1-23-16(22)11-7-5-10(6-8-11)14-9-20-17(24-14)21-15-12(18)3-2-4-13(15)19/h2-9H,1H3,(H,20,21). The molecule has 122 valence electrons. The summed E-state index contributed by atoms with van der Waals surface area (Å²) in [4.78, 5) is 15.3. The molecule has 0 saturated carbocycles. The maximum absolute atomic E-state index is 13.6. The van der Waals surface area contributed by atoms with Gasteiger partial charge in [0.1, 0.15) is 17.3 Å². The first-order valence-corrected chi connectivity index (χ1v) is 6.94. The summed E-state index contributed by atoms with van der Waals surface area (Å²) in [5, 5.41) is 2.47. The minimum Gasteiger partial charge on any atom is -0.465 e. The number of para-hydroxylation sites is 1. The second kappa shape index (κ2) is 6.49. The quantitative estimate of drug-likeness (QED) is 0.728. The number of methoxy groups -OCH3 is 1. The van der Waals surface area contributed by atoms with Gasteiger partial charge in [-0.3, -0.25) is 0 Å². The predicted octanol–water partition coefficient (Wildman–Crippen LogP) is 4.15. The molecule has 0 bridgehead atoms. The predicted molar refractivity (Wildman–Crippen MR) is 82.9 cm³/mol. The molecule has 1 heterocycles. The molecule has 0 aliphatic rings. The molecular formula is C17H12F2N2O3. The van der Waals surface area contributed by atoms with Crippen molar-refractivity contribution in [2.24, 2.45) is 0 Å². The minimum atomic E-state index is -0.753. The van der Waals surface area contributed by atoms with Gasteiger partial charge >= 0.3 is 5.97 Å². The van der Waals surface area contributed by atoms with Crippen molar-refractivity contribution in [2.75, 3.05) is 12.4 Å². The number of oxazole rings is 1. The van der Waals surface area contributed by atoms with Crippen LogP contribution in [0.15, 0.2) is 53.1 Å². The van der Waals surface area contributed by atoms with E-state index < -0.39 is 17.6 Å². The number of anilines is 2. The zero-order valence-electron chi connectivity index (χ0n) is 12.5. The second-order valence-electron chi connectivity index (χ2n) is 4.82. The Hall–Kier alpha value is -3.22. The molecule has 0 saturated heterocycles. The van der Waals surface area contributed by atoms with E-state index >= 15 is 0 Å². The van der Waals surface area contributed by atoms with Crippen LogP contribution in [0.5, 0.6) is 0 Å². The summed E-state index contributed by atoms with van der Waals surface area (Å²) in [6, 6.07) is 9.92. The fourth-order valence-corrected chi connectivity index (χ4v) is 2.08. The third-order valence-electron chi connectivity index (χ3n) is 3.29. The van der Waals surface area contributed by atoms with Crippen molar-refractivity contribution in [3.63, 3.8) is 0 Å². The van der Waals surface area contributed by atoms with Crippen LogP contribution in [0.1, 0.15) is 10.4 Å². The number of halogens is 2.